The first-order chi connectivity index (χ1) is 6.25. The highest BCUT2D eigenvalue weighted by molar-refractivity contribution is 4.90. The van der Waals surface area contributed by atoms with Crippen LogP contribution < -0.4 is 0 Å². The lowest BCUT2D eigenvalue weighted by Crippen LogP contribution is -2.47. The predicted molar refractivity (Wildman–Crippen MR) is 35.9 cm³/mol. The van der Waals surface area contributed by atoms with Gasteiger partial charge in [-0.1, -0.05) is 6.92 Å². The molecule has 0 aromatic rings. The topological polar surface area (TPSA) is 0 Å². The molecule has 0 N–H and O–H groups in total. The van der Waals surface area contributed by atoms with Crippen molar-refractivity contribution in [2.75, 3.05) is 0 Å². The van der Waals surface area contributed by atoms with Gasteiger partial charge in [-0.15, -0.1) is 0 Å². The minimum atomic E-state index is -5.00. The Kier molecular flexibility index (Phi) is 4.67. The first kappa shape index (κ1) is 13.5. The molecule has 0 aromatic heterocycles. The van der Waals surface area contributed by atoms with Crippen molar-refractivity contribution in [1.29, 1.82) is 0 Å². The minimum absolute atomic E-state index is 0.632. The molecule has 0 aliphatic carbocycles. The van der Waals surface area contributed by atoms with E-state index in [0.29, 0.717) is 0 Å². The summed E-state index contributed by atoms with van der Waals surface area (Å²) < 4.78 is 84.9. The summed E-state index contributed by atoms with van der Waals surface area (Å²) >= 11 is 0. The van der Waals surface area contributed by atoms with Crippen LogP contribution in [0.5, 0.6) is 0 Å². The SMILES string of the molecule is CCC(F)C(F)C(F)(F)[C@@H](F)C(F)F. The number of halogens is 7. The van der Waals surface area contributed by atoms with E-state index in [-0.39, 0.29) is 0 Å². The summed E-state index contributed by atoms with van der Waals surface area (Å²) in [5.41, 5.74) is 0. The largest absolute Gasteiger partial charge is 0.317 e. The summed E-state index contributed by atoms with van der Waals surface area (Å²) in [6, 6.07) is 0. The summed E-state index contributed by atoms with van der Waals surface area (Å²) in [5, 5.41) is 0. The molecule has 3 atom stereocenters. The molecule has 0 fully saturated rings. The lowest BCUT2D eigenvalue weighted by atomic mass is 10.0. The second-order valence-corrected chi connectivity index (χ2v) is 2.74. The van der Waals surface area contributed by atoms with Crippen molar-refractivity contribution in [3.63, 3.8) is 0 Å². The van der Waals surface area contributed by atoms with Gasteiger partial charge < -0.3 is 0 Å². The van der Waals surface area contributed by atoms with Crippen molar-refractivity contribution in [3.05, 3.63) is 0 Å². The Balaban J connectivity index is 4.59. The minimum Gasteiger partial charge on any atom is -0.244 e. The zero-order valence-electron chi connectivity index (χ0n) is 7.16. The van der Waals surface area contributed by atoms with Gasteiger partial charge in [0.15, 0.2) is 6.17 Å². The van der Waals surface area contributed by atoms with E-state index < -0.39 is 37.3 Å². The van der Waals surface area contributed by atoms with Gasteiger partial charge in [0.2, 0.25) is 6.17 Å². The standard InChI is InChI=1S/C7H9F7/c1-2-3(8)4(9)7(13,14)5(10)6(11)12/h3-6H,2H2,1H3/t3?,4?,5-/m0/s1. The maximum absolute atomic E-state index is 12.5. The zero-order valence-corrected chi connectivity index (χ0v) is 7.16. The molecule has 0 saturated carbocycles. The van der Waals surface area contributed by atoms with Crippen LogP contribution in [0.2, 0.25) is 0 Å². The van der Waals surface area contributed by atoms with Crippen molar-refractivity contribution in [1.82, 2.24) is 0 Å². The molecule has 0 rings (SSSR count). The Labute approximate surface area is 76.1 Å². The Hall–Kier alpha value is -0.490. The van der Waals surface area contributed by atoms with Crippen LogP contribution in [-0.2, 0) is 0 Å². The number of alkyl halides is 7. The molecule has 0 aliphatic rings. The number of hydrogen-bond acceptors (Lipinski definition) is 0. The summed E-state index contributed by atoms with van der Waals surface area (Å²) in [4.78, 5) is 0. The second-order valence-electron chi connectivity index (χ2n) is 2.74. The van der Waals surface area contributed by atoms with Gasteiger partial charge in [-0.05, 0) is 6.42 Å². The van der Waals surface area contributed by atoms with Gasteiger partial charge in [0.25, 0.3) is 6.43 Å². The third-order valence-corrected chi connectivity index (χ3v) is 1.66. The molecule has 7 heteroatoms. The monoisotopic (exact) mass is 226 g/mol. The van der Waals surface area contributed by atoms with Crippen molar-refractivity contribution in [2.24, 2.45) is 0 Å². The second kappa shape index (κ2) is 4.84. The molecular weight excluding hydrogens is 217 g/mol. The molecule has 0 amide bonds. The van der Waals surface area contributed by atoms with Crippen LogP contribution in [0, 0.1) is 0 Å². The summed E-state index contributed by atoms with van der Waals surface area (Å²) in [6.45, 7) is 1.04. The fraction of sp³-hybridized carbons (Fsp3) is 1.00. The molecule has 0 aliphatic heterocycles. The van der Waals surface area contributed by atoms with Crippen LogP contribution >= 0.6 is 0 Å². The van der Waals surface area contributed by atoms with E-state index in [0.717, 1.165) is 6.92 Å². The average molecular weight is 226 g/mol. The molecule has 14 heavy (non-hydrogen) atoms. The van der Waals surface area contributed by atoms with E-state index in [1.807, 2.05) is 0 Å². The first-order valence-electron chi connectivity index (χ1n) is 3.83. The third-order valence-electron chi connectivity index (χ3n) is 1.66. The van der Waals surface area contributed by atoms with Crippen LogP contribution in [-0.4, -0.2) is 30.9 Å². The Morgan fingerprint density at radius 1 is 0.929 bits per heavy atom. The fourth-order valence-corrected chi connectivity index (χ4v) is 0.768. The van der Waals surface area contributed by atoms with Gasteiger partial charge in [-0.25, -0.2) is 22.0 Å². The molecule has 0 saturated heterocycles. The highest BCUT2D eigenvalue weighted by Crippen LogP contribution is 2.34. The van der Waals surface area contributed by atoms with E-state index in [2.05, 4.69) is 0 Å². The predicted octanol–water partition coefficient (Wildman–Crippen LogP) is 3.31. The summed E-state index contributed by atoms with van der Waals surface area (Å²) in [7, 11) is 0. The van der Waals surface area contributed by atoms with Crippen molar-refractivity contribution >= 4 is 0 Å². The van der Waals surface area contributed by atoms with E-state index >= 15 is 0 Å². The zero-order chi connectivity index (χ0) is 11.5. The molecule has 2 unspecified atom stereocenters. The van der Waals surface area contributed by atoms with Gasteiger partial charge >= 0.3 is 5.92 Å². The van der Waals surface area contributed by atoms with Crippen LogP contribution in [0.25, 0.3) is 0 Å². The Morgan fingerprint density at radius 2 is 1.36 bits per heavy atom. The number of hydrogen-bond donors (Lipinski definition) is 0. The molecule has 0 aromatic carbocycles. The van der Waals surface area contributed by atoms with Crippen LogP contribution in [0.1, 0.15) is 13.3 Å². The maximum atomic E-state index is 12.5. The highest BCUT2D eigenvalue weighted by Gasteiger charge is 2.55. The van der Waals surface area contributed by atoms with Gasteiger partial charge in [-0.2, -0.15) is 8.78 Å². The van der Waals surface area contributed by atoms with Crippen molar-refractivity contribution in [3.8, 4) is 0 Å². The van der Waals surface area contributed by atoms with E-state index in [9.17, 15) is 30.7 Å². The highest BCUT2D eigenvalue weighted by atomic mass is 19.3. The van der Waals surface area contributed by atoms with E-state index in [4.69, 9.17) is 0 Å². The molecule has 0 bridgehead atoms. The van der Waals surface area contributed by atoms with Crippen molar-refractivity contribution in [2.45, 2.75) is 44.2 Å². The van der Waals surface area contributed by atoms with E-state index in [1.54, 1.807) is 0 Å². The fourth-order valence-electron chi connectivity index (χ4n) is 0.768. The Morgan fingerprint density at radius 3 is 1.64 bits per heavy atom. The third kappa shape index (κ3) is 2.75. The van der Waals surface area contributed by atoms with Gasteiger partial charge in [-0.3, -0.25) is 0 Å². The van der Waals surface area contributed by atoms with Crippen molar-refractivity contribution < 1.29 is 30.7 Å². The van der Waals surface area contributed by atoms with Gasteiger partial charge in [0, 0.05) is 0 Å². The molecule has 0 nitrogen and oxygen atoms in total. The summed E-state index contributed by atoms with van der Waals surface area (Å²) in [5.74, 6) is -5.00. The lowest BCUT2D eigenvalue weighted by molar-refractivity contribution is -0.179. The number of rotatable bonds is 5. The van der Waals surface area contributed by atoms with Gasteiger partial charge in [0.1, 0.15) is 6.17 Å². The molecule has 86 valence electrons. The smallest absolute Gasteiger partial charge is 0.244 e. The first-order valence-corrected chi connectivity index (χ1v) is 3.83. The van der Waals surface area contributed by atoms with Crippen LogP contribution in [0.3, 0.4) is 0 Å². The molecular formula is C7H9F7. The van der Waals surface area contributed by atoms with Gasteiger partial charge in [0.05, 0.1) is 0 Å². The quantitative estimate of drug-likeness (QED) is 0.631. The van der Waals surface area contributed by atoms with Crippen LogP contribution in [0.15, 0.2) is 0 Å². The maximum Gasteiger partial charge on any atom is 0.317 e. The summed E-state index contributed by atoms with van der Waals surface area (Å²) in [6.07, 6.45) is -14.8. The molecule has 0 heterocycles. The average Bonchev–Trinajstić information content (AvgIpc) is 2.13. The molecule has 0 spiro atoms. The normalized spacial score (nSPS) is 19.5. The Bertz CT molecular complexity index is 169. The molecule has 0 radical (unpaired) electrons. The van der Waals surface area contributed by atoms with E-state index in [1.165, 1.54) is 0 Å². The van der Waals surface area contributed by atoms with Crippen LogP contribution in [0.4, 0.5) is 30.7 Å². The lowest BCUT2D eigenvalue weighted by Gasteiger charge is -2.25.